The zero-order valence-electron chi connectivity index (χ0n) is 9.01. The van der Waals surface area contributed by atoms with Crippen LogP contribution in [0.4, 0.5) is 5.69 Å². The van der Waals surface area contributed by atoms with Crippen LogP contribution in [0.1, 0.15) is 18.9 Å². The first-order valence-corrected chi connectivity index (χ1v) is 5.43. The van der Waals surface area contributed by atoms with Crippen molar-refractivity contribution < 1.29 is 9.66 Å². The molecule has 0 spiro atoms. The zero-order chi connectivity index (χ0) is 12.0. The molecule has 0 saturated heterocycles. The van der Waals surface area contributed by atoms with E-state index in [0.29, 0.717) is 18.1 Å². The number of non-ortho nitro benzene ring substituents is 1. The van der Waals surface area contributed by atoms with Crippen molar-refractivity contribution in [1.29, 1.82) is 0 Å². The molecule has 0 amide bonds. The van der Waals surface area contributed by atoms with Gasteiger partial charge < -0.3 is 4.74 Å². The van der Waals surface area contributed by atoms with Crippen LogP contribution in [0.5, 0.6) is 0 Å². The van der Waals surface area contributed by atoms with E-state index in [1.165, 1.54) is 12.1 Å². The minimum absolute atomic E-state index is 0.108. The maximum Gasteiger partial charge on any atom is 0.269 e. The molecule has 0 atom stereocenters. The minimum atomic E-state index is -0.408. The molecule has 0 N–H and O–H groups in total. The minimum Gasteiger partial charge on any atom is -0.487 e. The predicted octanol–water partition coefficient (Wildman–Crippen LogP) is 2.89. The summed E-state index contributed by atoms with van der Waals surface area (Å²) in [6.45, 7) is 2.47. The monoisotopic (exact) mass is 239 g/mol. The van der Waals surface area contributed by atoms with Gasteiger partial charge in [-0.25, -0.2) is 0 Å². The number of aryl methyl sites for hydroxylation is 1. The Labute approximate surface area is 99.4 Å². The largest absolute Gasteiger partial charge is 0.487 e. The number of thiocarbonyl (C=S) groups is 1. The summed E-state index contributed by atoms with van der Waals surface area (Å²) in [7, 11) is 0. The third-order valence-electron chi connectivity index (χ3n) is 2.07. The Hall–Kier alpha value is -1.49. The van der Waals surface area contributed by atoms with E-state index >= 15 is 0 Å². The molecule has 0 aliphatic rings. The molecule has 0 heterocycles. The van der Waals surface area contributed by atoms with Crippen molar-refractivity contribution in [1.82, 2.24) is 0 Å². The van der Waals surface area contributed by atoms with E-state index in [4.69, 9.17) is 17.0 Å². The molecule has 0 aliphatic heterocycles. The Morgan fingerprint density at radius 1 is 1.44 bits per heavy atom. The molecule has 1 rings (SSSR count). The Morgan fingerprint density at radius 2 is 2.06 bits per heavy atom. The summed E-state index contributed by atoms with van der Waals surface area (Å²) in [6.07, 6.45) is 1.41. The molecular weight excluding hydrogens is 226 g/mol. The lowest BCUT2D eigenvalue weighted by molar-refractivity contribution is -0.384. The van der Waals surface area contributed by atoms with Crippen LogP contribution in [0.2, 0.25) is 0 Å². The molecule has 0 aliphatic carbocycles. The van der Waals surface area contributed by atoms with Crippen molar-refractivity contribution in [2.45, 2.75) is 19.8 Å². The fourth-order valence-corrected chi connectivity index (χ4v) is 1.48. The number of benzene rings is 1. The molecule has 4 nitrogen and oxygen atoms in total. The van der Waals surface area contributed by atoms with Crippen LogP contribution in [0.25, 0.3) is 0 Å². The first-order chi connectivity index (χ1) is 7.63. The molecule has 86 valence electrons. The maximum absolute atomic E-state index is 10.4. The molecular formula is C11H13NO3S. The summed E-state index contributed by atoms with van der Waals surface area (Å²) in [5.74, 6) is 0. The van der Waals surface area contributed by atoms with Gasteiger partial charge in [0.1, 0.15) is 0 Å². The summed E-state index contributed by atoms with van der Waals surface area (Å²) in [5.41, 5.74) is 1.13. The van der Waals surface area contributed by atoms with Crippen LogP contribution >= 0.6 is 12.2 Å². The number of nitro benzene ring substituents is 1. The van der Waals surface area contributed by atoms with Gasteiger partial charge >= 0.3 is 0 Å². The van der Waals surface area contributed by atoms with E-state index in [2.05, 4.69) is 0 Å². The van der Waals surface area contributed by atoms with Gasteiger partial charge in [-0.05, 0) is 31.1 Å². The summed E-state index contributed by atoms with van der Waals surface area (Å²) in [4.78, 5) is 10.0. The van der Waals surface area contributed by atoms with Gasteiger partial charge in [-0.1, -0.05) is 12.1 Å². The summed E-state index contributed by atoms with van der Waals surface area (Å²) < 4.78 is 5.15. The van der Waals surface area contributed by atoms with Gasteiger partial charge in [-0.2, -0.15) is 0 Å². The summed E-state index contributed by atoms with van der Waals surface area (Å²) >= 11 is 4.99. The molecule has 0 bridgehead atoms. The first kappa shape index (κ1) is 12.6. The highest BCUT2D eigenvalue weighted by molar-refractivity contribution is 7.80. The fraction of sp³-hybridized carbons (Fsp3) is 0.364. The van der Waals surface area contributed by atoms with E-state index < -0.39 is 4.92 Å². The summed E-state index contributed by atoms with van der Waals surface area (Å²) in [5, 5.41) is 11.0. The lowest BCUT2D eigenvalue weighted by Crippen LogP contribution is -2.02. The highest BCUT2D eigenvalue weighted by atomic mass is 32.1. The SMILES string of the molecule is CCOC(=S)CCc1ccc([N+](=O)[O-])cc1. The zero-order valence-corrected chi connectivity index (χ0v) is 9.83. The van der Waals surface area contributed by atoms with Gasteiger partial charge in [-0.15, -0.1) is 0 Å². The Morgan fingerprint density at radius 3 is 2.56 bits per heavy atom. The standard InChI is InChI=1S/C11H13NO3S/c1-2-15-11(16)8-5-9-3-6-10(7-4-9)12(13)14/h3-4,6-7H,2,5,8H2,1H3. The lowest BCUT2D eigenvalue weighted by atomic mass is 10.1. The topological polar surface area (TPSA) is 52.4 Å². The molecule has 0 unspecified atom stereocenters. The van der Waals surface area contributed by atoms with Crippen molar-refractivity contribution in [3.8, 4) is 0 Å². The van der Waals surface area contributed by atoms with E-state index in [1.54, 1.807) is 12.1 Å². The molecule has 5 heteroatoms. The number of nitrogens with zero attached hydrogens (tertiary/aromatic N) is 1. The molecule has 1 aromatic rings. The molecule has 0 saturated carbocycles. The van der Waals surface area contributed by atoms with Crippen molar-refractivity contribution >= 4 is 23.0 Å². The van der Waals surface area contributed by atoms with Crippen molar-refractivity contribution in [3.63, 3.8) is 0 Å². The van der Waals surface area contributed by atoms with Crippen LogP contribution in [0.15, 0.2) is 24.3 Å². The average Bonchev–Trinajstić information content (AvgIpc) is 2.27. The second-order valence-electron chi connectivity index (χ2n) is 3.23. The molecule has 0 fully saturated rings. The molecule has 0 aromatic heterocycles. The highest BCUT2D eigenvalue weighted by Crippen LogP contribution is 2.13. The number of nitro groups is 1. The van der Waals surface area contributed by atoms with Gasteiger partial charge in [0.25, 0.3) is 5.69 Å². The Balaban J connectivity index is 2.49. The van der Waals surface area contributed by atoms with Gasteiger partial charge in [-0.3, -0.25) is 10.1 Å². The van der Waals surface area contributed by atoms with Crippen LogP contribution in [-0.4, -0.2) is 16.6 Å². The quantitative estimate of drug-likeness (QED) is 0.450. The Kier molecular flexibility index (Phi) is 4.85. The first-order valence-electron chi connectivity index (χ1n) is 5.02. The summed E-state index contributed by atoms with van der Waals surface area (Å²) in [6, 6.07) is 6.48. The smallest absolute Gasteiger partial charge is 0.269 e. The van der Waals surface area contributed by atoms with Gasteiger partial charge in [0.05, 0.1) is 11.5 Å². The Bertz CT molecular complexity index is 375. The van der Waals surface area contributed by atoms with Crippen molar-refractivity contribution in [3.05, 3.63) is 39.9 Å². The normalized spacial score (nSPS) is 9.81. The third kappa shape index (κ3) is 3.94. The molecule has 16 heavy (non-hydrogen) atoms. The number of hydrogen-bond donors (Lipinski definition) is 0. The van der Waals surface area contributed by atoms with E-state index in [1.807, 2.05) is 6.92 Å². The van der Waals surface area contributed by atoms with E-state index in [-0.39, 0.29) is 5.69 Å². The lowest BCUT2D eigenvalue weighted by Gasteiger charge is -2.04. The number of ether oxygens (including phenoxy) is 1. The molecule has 1 aromatic carbocycles. The second-order valence-corrected chi connectivity index (χ2v) is 3.68. The van der Waals surface area contributed by atoms with Crippen LogP contribution in [0, 0.1) is 10.1 Å². The highest BCUT2D eigenvalue weighted by Gasteiger charge is 2.04. The van der Waals surface area contributed by atoms with Crippen molar-refractivity contribution in [2.24, 2.45) is 0 Å². The third-order valence-corrected chi connectivity index (χ3v) is 2.39. The van der Waals surface area contributed by atoms with Crippen LogP contribution in [0.3, 0.4) is 0 Å². The van der Waals surface area contributed by atoms with E-state index in [9.17, 15) is 10.1 Å². The van der Waals surface area contributed by atoms with Gasteiger partial charge in [0, 0.05) is 18.6 Å². The second kappa shape index (κ2) is 6.17. The predicted molar refractivity (Wildman–Crippen MR) is 65.6 cm³/mol. The average molecular weight is 239 g/mol. The van der Waals surface area contributed by atoms with Gasteiger partial charge in [0.15, 0.2) is 5.05 Å². The maximum atomic E-state index is 10.4. The van der Waals surface area contributed by atoms with E-state index in [0.717, 1.165) is 12.0 Å². The van der Waals surface area contributed by atoms with Crippen molar-refractivity contribution in [2.75, 3.05) is 6.61 Å². The fourth-order valence-electron chi connectivity index (χ4n) is 1.26. The number of rotatable bonds is 5. The molecule has 0 radical (unpaired) electrons. The number of hydrogen-bond acceptors (Lipinski definition) is 4. The van der Waals surface area contributed by atoms with Gasteiger partial charge in [0.2, 0.25) is 0 Å². The van der Waals surface area contributed by atoms with Crippen LogP contribution < -0.4 is 0 Å². The van der Waals surface area contributed by atoms with Crippen LogP contribution in [-0.2, 0) is 11.2 Å².